The number of hydrogen-bond donors (Lipinski definition) is 5. The average Bonchev–Trinajstić information content (AvgIpc) is 2.57. The standard InChI is InChI=1S/C9H13N3O5.H3N/c10-5-1-2-12(9(16)11-5)8-7(15)6(14)4(3-13)17-8;/h1-2,4,6-8,13-15H,3H2,(H2,10,11,16);1H3/t4-,6-,7-,8?;/m1./s1. The summed E-state index contributed by atoms with van der Waals surface area (Å²) in [5.74, 6) is 0.0537. The molecule has 1 aliphatic rings. The van der Waals surface area contributed by atoms with Crippen molar-refractivity contribution in [3.8, 4) is 0 Å². The Kier molecular flexibility index (Phi) is 4.38. The van der Waals surface area contributed by atoms with Crippen molar-refractivity contribution in [2.75, 3.05) is 12.3 Å². The molecule has 2 heterocycles. The Hall–Kier alpha value is -1.52. The zero-order valence-electron chi connectivity index (χ0n) is 9.51. The second kappa shape index (κ2) is 5.42. The van der Waals surface area contributed by atoms with Gasteiger partial charge in [-0.15, -0.1) is 0 Å². The van der Waals surface area contributed by atoms with Crippen LogP contribution in [0, 0.1) is 0 Å². The lowest BCUT2D eigenvalue weighted by Crippen LogP contribution is -2.36. The van der Waals surface area contributed by atoms with E-state index in [9.17, 15) is 15.0 Å². The summed E-state index contributed by atoms with van der Waals surface area (Å²) >= 11 is 0. The van der Waals surface area contributed by atoms with Gasteiger partial charge in [-0.05, 0) is 6.07 Å². The van der Waals surface area contributed by atoms with Gasteiger partial charge >= 0.3 is 5.69 Å². The molecule has 18 heavy (non-hydrogen) atoms. The fraction of sp³-hybridized carbons (Fsp3) is 0.556. The van der Waals surface area contributed by atoms with E-state index < -0.39 is 36.8 Å². The van der Waals surface area contributed by atoms with Gasteiger partial charge in [0.25, 0.3) is 0 Å². The fourth-order valence-corrected chi connectivity index (χ4v) is 1.73. The minimum Gasteiger partial charge on any atom is -0.394 e. The van der Waals surface area contributed by atoms with Crippen LogP contribution in [0.1, 0.15) is 6.23 Å². The molecule has 2 rings (SSSR count). The first-order valence-electron chi connectivity index (χ1n) is 5.01. The molecule has 1 aromatic heterocycles. The number of aliphatic hydroxyl groups excluding tert-OH is 3. The van der Waals surface area contributed by atoms with Crippen LogP contribution in [0.5, 0.6) is 0 Å². The Labute approximate surface area is 102 Å². The first-order chi connectivity index (χ1) is 8.04. The maximum Gasteiger partial charge on any atom is 0.351 e. The quantitative estimate of drug-likeness (QED) is 0.392. The molecule has 9 nitrogen and oxygen atoms in total. The van der Waals surface area contributed by atoms with Crippen molar-refractivity contribution in [3.05, 3.63) is 22.7 Å². The van der Waals surface area contributed by atoms with Crippen molar-refractivity contribution in [1.29, 1.82) is 0 Å². The van der Waals surface area contributed by atoms with Gasteiger partial charge in [-0.1, -0.05) is 0 Å². The van der Waals surface area contributed by atoms with E-state index in [0.717, 1.165) is 4.57 Å². The Bertz CT molecular complexity index is 465. The molecule has 1 unspecified atom stereocenters. The molecule has 102 valence electrons. The molecule has 1 aromatic rings. The van der Waals surface area contributed by atoms with Crippen LogP contribution in [0.25, 0.3) is 0 Å². The van der Waals surface area contributed by atoms with Gasteiger partial charge in [-0.25, -0.2) is 4.79 Å². The van der Waals surface area contributed by atoms with Gasteiger partial charge in [0.2, 0.25) is 0 Å². The largest absolute Gasteiger partial charge is 0.394 e. The number of anilines is 1. The topological polar surface area (TPSA) is 166 Å². The van der Waals surface area contributed by atoms with Gasteiger partial charge in [0, 0.05) is 6.20 Å². The SMILES string of the molecule is N.Nc1ccn(C2O[C@H](CO)[C@@H](O)[C@H]2O)c(=O)n1. The summed E-state index contributed by atoms with van der Waals surface area (Å²) in [4.78, 5) is 15.0. The summed E-state index contributed by atoms with van der Waals surface area (Å²) in [6.07, 6.45) is -3.27. The molecule has 0 saturated carbocycles. The Morgan fingerprint density at radius 1 is 1.44 bits per heavy atom. The predicted molar refractivity (Wildman–Crippen MR) is 60.9 cm³/mol. The van der Waals surface area contributed by atoms with Crippen molar-refractivity contribution in [3.63, 3.8) is 0 Å². The summed E-state index contributed by atoms with van der Waals surface area (Å²) in [5, 5.41) is 28.2. The molecular formula is C9H16N4O5. The van der Waals surface area contributed by atoms with Gasteiger partial charge in [-0.3, -0.25) is 4.57 Å². The van der Waals surface area contributed by atoms with Gasteiger partial charge in [-0.2, -0.15) is 4.98 Å². The number of aliphatic hydroxyl groups is 3. The number of nitrogen functional groups attached to an aromatic ring is 1. The second-order valence-corrected chi connectivity index (χ2v) is 3.77. The maximum atomic E-state index is 11.5. The van der Waals surface area contributed by atoms with Crippen LogP contribution >= 0.6 is 0 Å². The highest BCUT2D eigenvalue weighted by atomic mass is 16.6. The normalized spacial score (nSPS) is 31.1. The monoisotopic (exact) mass is 260 g/mol. The summed E-state index contributed by atoms with van der Waals surface area (Å²) < 4.78 is 6.19. The third kappa shape index (κ3) is 2.35. The number of aromatic nitrogens is 2. The molecule has 0 spiro atoms. The lowest BCUT2D eigenvalue weighted by Gasteiger charge is -2.16. The van der Waals surface area contributed by atoms with Crippen LogP contribution in [-0.4, -0.2) is 49.8 Å². The average molecular weight is 260 g/mol. The minimum atomic E-state index is -1.31. The predicted octanol–water partition coefficient (Wildman–Crippen LogP) is -2.40. The van der Waals surface area contributed by atoms with Gasteiger partial charge < -0.3 is 31.9 Å². The van der Waals surface area contributed by atoms with Crippen LogP contribution in [0.3, 0.4) is 0 Å². The van der Waals surface area contributed by atoms with E-state index in [2.05, 4.69) is 4.98 Å². The number of nitrogens with zero attached hydrogens (tertiary/aromatic N) is 2. The highest BCUT2D eigenvalue weighted by molar-refractivity contribution is 5.23. The number of nitrogens with two attached hydrogens (primary N) is 1. The molecule has 4 atom stereocenters. The lowest BCUT2D eigenvalue weighted by molar-refractivity contribution is -0.0549. The molecule has 8 N–H and O–H groups in total. The van der Waals surface area contributed by atoms with Crippen LogP contribution < -0.4 is 17.6 Å². The molecule has 1 saturated heterocycles. The number of hydrogen-bond acceptors (Lipinski definition) is 8. The smallest absolute Gasteiger partial charge is 0.351 e. The van der Waals surface area contributed by atoms with Crippen molar-refractivity contribution in [2.45, 2.75) is 24.5 Å². The molecule has 1 aliphatic heterocycles. The van der Waals surface area contributed by atoms with E-state index in [-0.39, 0.29) is 12.0 Å². The summed E-state index contributed by atoms with van der Waals surface area (Å²) in [6.45, 7) is -0.453. The molecule has 0 aliphatic carbocycles. The van der Waals surface area contributed by atoms with E-state index in [0.29, 0.717) is 0 Å². The Morgan fingerprint density at radius 2 is 2.11 bits per heavy atom. The zero-order chi connectivity index (χ0) is 12.6. The number of ether oxygens (including phenoxy) is 1. The minimum absolute atomic E-state index is 0. The lowest BCUT2D eigenvalue weighted by atomic mass is 10.1. The third-order valence-electron chi connectivity index (χ3n) is 2.64. The van der Waals surface area contributed by atoms with Crippen LogP contribution in [0.15, 0.2) is 17.1 Å². The van der Waals surface area contributed by atoms with E-state index in [1.807, 2.05) is 0 Å². The van der Waals surface area contributed by atoms with Crippen LogP contribution in [-0.2, 0) is 4.74 Å². The zero-order valence-corrected chi connectivity index (χ0v) is 9.51. The highest BCUT2D eigenvalue weighted by Crippen LogP contribution is 2.27. The molecule has 0 aromatic carbocycles. The van der Waals surface area contributed by atoms with E-state index in [4.69, 9.17) is 15.6 Å². The highest BCUT2D eigenvalue weighted by Gasteiger charge is 2.43. The fourth-order valence-electron chi connectivity index (χ4n) is 1.73. The third-order valence-corrected chi connectivity index (χ3v) is 2.64. The summed E-state index contributed by atoms with van der Waals surface area (Å²) in [7, 11) is 0. The number of rotatable bonds is 2. The van der Waals surface area contributed by atoms with E-state index >= 15 is 0 Å². The van der Waals surface area contributed by atoms with Crippen molar-refractivity contribution in [2.24, 2.45) is 0 Å². The molecule has 0 amide bonds. The first kappa shape index (κ1) is 14.5. The van der Waals surface area contributed by atoms with Gasteiger partial charge in [0.1, 0.15) is 24.1 Å². The Balaban J connectivity index is 0.00000162. The van der Waals surface area contributed by atoms with E-state index in [1.54, 1.807) is 0 Å². The molecule has 9 heteroatoms. The first-order valence-corrected chi connectivity index (χ1v) is 5.01. The van der Waals surface area contributed by atoms with Crippen LogP contribution in [0.2, 0.25) is 0 Å². The second-order valence-electron chi connectivity index (χ2n) is 3.77. The van der Waals surface area contributed by atoms with Crippen molar-refractivity contribution < 1.29 is 20.1 Å². The summed E-state index contributed by atoms with van der Waals surface area (Å²) in [6, 6.07) is 1.37. The van der Waals surface area contributed by atoms with Gasteiger partial charge in [0.05, 0.1) is 6.61 Å². The molecular weight excluding hydrogens is 244 g/mol. The molecule has 1 fully saturated rings. The summed E-state index contributed by atoms with van der Waals surface area (Å²) in [5.41, 5.74) is 4.63. The van der Waals surface area contributed by atoms with Gasteiger partial charge in [0.15, 0.2) is 6.23 Å². The molecule has 0 bridgehead atoms. The van der Waals surface area contributed by atoms with Crippen LogP contribution in [0.4, 0.5) is 5.82 Å². The van der Waals surface area contributed by atoms with Crippen molar-refractivity contribution >= 4 is 5.82 Å². The van der Waals surface area contributed by atoms with Crippen molar-refractivity contribution in [1.82, 2.24) is 15.7 Å². The molecule has 0 radical (unpaired) electrons. The van der Waals surface area contributed by atoms with E-state index in [1.165, 1.54) is 12.3 Å². The Morgan fingerprint density at radius 3 is 2.61 bits per heavy atom. The maximum absolute atomic E-state index is 11.5.